The molecule has 1 aliphatic heterocycles. The van der Waals surface area contributed by atoms with Gasteiger partial charge < -0.3 is 4.90 Å². The Balaban J connectivity index is 1.84. The van der Waals surface area contributed by atoms with Crippen molar-refractivity contribution in [2.75, 3.05) is 13.1 Å². The van der Waals surface area contributed by atoms with E-state index in [0.717, 1.165) is 6.42 Å². The van der Waals surface area contributed by atoms with E-state index >= 15 is 0 Å². The fourth-order valence-electron chi connectivity index (χ4n) is 3.00. The van der Waals surface area contributed by atoms with E-state index in [2.05, 4.69) is 71.6 Å². The molecule has 1 fully saturated rings. The van der Waals surface area contributed by atoms with E-state index in [1.54, 1.807) is 0 Å². The first-order valence-corrected chi connectivity index (χ1v) is 7.98. The Morgan fingerprint density at radius 1 is 0.810 bits per heavy atom. The van der Waals surface area contributed by atoms with Gasteiger partial charge in [-0.05, 0) is 36.8 Å². The lowest BCUT2D eigenvalue weighted by Crippen LogP contribution is -2.28. The molecule has 21 heavy (non-hydrogen) atoms. The number of hydrogen-bond acceptors (Lipinski definition) is 1. The van der Waals surface area contributed by atoms with E-state index in [0.29, 0.717) is 0 Å². The zero-order valence-corrected chi connectivity index (χ0v) is 12.5. The molecule has 1 heterocycles. The Morgan fingerprint density at radius 2 is 1.43 bits per heavy atom. The summed E-state index contributed by atoms with van der Waals surface area (Å²) in [5.41, 5.74) is 4.12. The Hall–Kier alpha value is -2.02. The third-order valence-corrected chi connectivity index (χ3v) is 4.14. The summed E-state index contributed by atoms with van der Waals surface area (Å²) < 4.78 is 0. The minimum Gasteiger partial charge on any atom is -0.371 e. The van der Waals surface area contributed by atoms with Crippen molar-refractivity contribution >= 4 is 5.70 Å². The predicted molar refractivity (Wildman–Crippen MR) is 90.0 cm³/mol. The molecule has 0 saturated carbocycles. The number of likely N-dealkylation sites (tertiary alicyclic amines) is 1. The van der Waals surface area contributed by atoms with Gasteiger partial charge in [0.25, 0.3) is 0 Å². The van der Waals surface area contributed by atoms with Gasteiger partial charge in [-0.1, -0.05) is 66.7 Å². The molecule has 1 nitrogen and oxygen atoms in total. The minimum atomic E-state index is 1.00. The summed E-state index contributed by atoms with van der Waals surface area (Å²) in [6.45, 7) is 2.38. The van der Waals surface area contributed by atoms with Crippen LogP contribution in [0, 0.1) is 0 Å². The largest absolute Gasteiger partial charge is 0.371 e. The maximum Gasteiger partial charge on any atom is 0.0402 e. The highest BCUT2D eigenvalue weighted by atomic mass is 15.1. The fourth-order valence-corrected chi connectivity index (χ4v) is 3.00. The van der Waals surface area contributed by atoms with Crippen molar-refractivity contribution in [1.82, 2.24) is 4.90 Å². The van der Waals surface area contributed by atoms with Crippen LogP contribution >= 0.6 is 0 Å². The molecule has 0 bridgehead atoms. The molecule has 0 N–H and O–H groups in total. The van der Waals surface area contributed by atoms with Crippen molar-refractivity contribution in [3.63, 3.8) is 0 Å². The number of benzene rings is 2. The topological polar surface area (TPSA) is 3.24 Å². The fraction of sp³-hybridized carbons (Fsp3) is 0.300. The van der Waals surface area contributed by atoms with Gasteiger partial charge in [0.1, 0.15) is 0 Å². The van der Waals surface area contributed by atoms with Gasteiger partial charge in [0.15, 0.2) is 0 Å². The molecule has 0 aromatic heterocycles. The Kier molecular flexibility index (Phi) is 4.73. The van der Waals surface area contributed by atoms with Crippen molar-refractivity contribution in [3.05, 3.63) is 77.9 Å². The van der Waals surface area contributed by atoms with Crippen LogP contribution in [-0.4, -0.2) is 18.0 Å². The number of hydrogen-bond donors (Lipinski definition) is 0. The lowest BCUT2D eigenvalue weighted by molar-refractivity contribution is 0.325. The first-order valence-electron chi connectivity index (χ1n) is 7.98. The van der Waals surface area contributed by atoms with Crippen LogP contribution < -0.4 is 0 Å². The van der Waals surface area contributed by atoms with Crippen molar-refractivity contribution in [1.29, 1.82) is 0 Å². The SMILES string of the molecule is C(/Cc1ccccc1)=C(\c1ccccc1)N1CCCCC1. The van der Waals surface area contributed by atoms with Crippen LogP contribution in [0.2, 0.25) is 0 Å². The van der Waals surface area contributed by atoms with E-state index in [1.807, 2.05) is 0 Å². The minimum absolute atomic E-state index is 1.00. The molecule has 2 aromatic carbocycles. The van der Waals surface area contributed by atoms with Crippen LogP contribution in [0.4, 0.5) is 0 Å². The number of piperidine rings is 1. The van der Waals surface area contributed by atoms with Crippen molar-refractivity contribution in [2.24, 2.45) is 0 Å². The molecule has 0 amide bonds. The summed E-state index contributed by atoms with van der Waals surface area (Å²) in [5, 5.41) is 0. The third-order valence-electron chi connectivity index (χ3n) is 4.14. The Morgan fingerprint density at radius 3 is 2.10 bits per heavy atom. The second kappa shape index (κ2) is 7.12. The number of allylic oxidation sites excluding steroid dienone is 1. The van der Waals surface area contributed by atoms with Gasteiger partial charge in [0.2, 0.25) is 0 Å². The third kappa shape index (κ3) is 3.75. The van der Waals surface area contributed by atoms with E-state index < -0.39 is 0 Å². The lowest BCUT2D eigenvalue weighted by Gasteiger charge is -2.31. The van der Waals surface area contributed by atoms with Gasteiger partial charge in [0.05, 0.1) is 0 Å². The van der Waals surface area contributed by atoms with Crippen molar-refractivity contribution in [3.8, 4) is 0 Å². The molecule has 0 spiro atoms. The first kappa shape index (κ1) is 13.9. The molecule has 0 atom stereocenters. The summed E-state index contributed by atoms with van der Waals surface area (Å²) >= 11 is 0. The van der Waals surface area contributed by atoms with Crippen LogP contribution in [0.3, 0.4) is 0 Å². The van der Waals surface area contributed by atoms with E-state index in [4.69, 9.17) is 0 Å². The highest BCUT2D eigenvalue weighted by Gasteiger charge is 2.14. The predicted octanol–water partition coefficient (Wildman–Crippen LogP) is 4.76. The molecule has 1 aliphatic rings. The van der Waals surface area contributed by atoms with Gasteiger partial charge in [-0.3, -0.25) is 0 Å². The standard InChI is InChI=1S/C20H23N/c1-4-10-18(11-5-1)14-15-20(19-12-6-2-7-13-19)21-16-8-3-9-17-21/h1-2,4-7,10-13,15H,3,8-9,14,16-17H2/b20-15-. The molecular weight excluding hydrogens is 254 g/mol. The molecule has 1 saturated heterocycles. The molecule has 0 unspecified atom stereocenters. The normalized spacial score (nSPS) is 16.0. The lowest BCUT2D eigenvalue weighted by atomic mass is 10.0. The van der Waals surface area contributed by atoms with Crippen molar-refractivity contribution < 1.29 is 0 Å². The quantitative estimate of drug-likeness (QED) is 0.779. The second-order valence-electron chi connectivity index (χ2n) is 5.69. The van der Waals surface area contributed by atoms with Gasteiger partial charge in [0, 0.05) is 18.8 Å². The maximum atomic E-state index is 2.56. The molecule has 0 radical (unpaired) electrons. The average Bonchev–Trinajstić information content (AvgIpc) is 2.58. The van der Waals surface area contributed by atoms with Crippen LogP contribution in [0.25, 0.3) is 5.70 Å². The highest BCUT2D eigenvalue weighted by Crippen LogP contribution is 2.24. The summed E-state index contributed by atoms with van der Waals surface area (Å²) in [6.07, 6.45) is 7.40. The van der Waals surface area contributed by atoms with E-state index in [-0.39, 0.29) is 0 Å². The molecule has 0 aliphatic carbocycles. The number of nitrogens with zero attached hydrogens (tertiary/aromatic N) is 1. The van der Waals surface area contributed by atoms with E-state index in [1.165, 1.54) is 49.2 Å². The smallest absolute Gasteiger partial charge is 0.0402 e. The molecular formula is C20H23N. The summed E-state index contributed by atoms with van der Waals surface area (Å²) in [5.74, 6) is 0. The zero-order chi connectivity index (χ0) is 14.3. The monoisotopic (exact) mass is 277 g/mol. The average molecular weight is 277 g/mol. The molecule has 108 valence electrons. The molecule has 2 aromatic rings. The van der Waals surface area contributed by atoms with Gasteiger partial charge in [-0.15, -0.1) is 0 Å². The molecule has 1 heteroatoms. The van der Waals surface area contributed by atoms with Crippen LogP contribution in [0.15, 0.2) is 66.7 Å². The van der Waals surface area contributed by atoms with E-state index in [9.17, 15) is 0 Å². The summed E-state index contributed by atoms with van der Waals surface area (Å²) in [7, 11) is 0. The van der Waals surface area contributed by atoms with Gasteiger partial charge >= 0.3 is 0 Å². The van der Waals surface area contributed by atoms with Crippen LogP contribution in [0.1, 0.15) is 30.4 Å². The van der Waals surface area contributed by atoms with Gasteiger partial charge in [-0.2, -0.15) is 0 Å². The Labute approximate surface area is 127 Å². The first-order chi connectivity index (χ1) is 10.4. The van der Waals surface area contributed by atoms with Crippen LogP contribution in [-0.2, 0) is 6.42 Å². The second-order valence-corrected chi connectivity index (χ2v) is 5.69. The number of rotatable bonds is 4. The summed E-state index contributed by atoms with van der Waals surface area (Å²) in [6, 6.07) is 21.5. The van der Waals surface area contributed by atoms with Gasteiger partial charge in [-0.25, -0.2) is 0 Å². The highest BCUT2D eigenvalue weighted by molar-refractivity contribution is 5.64. The Bertz CT molecular complexity index is 565. The van der Waals surface area contributed by atoms with Crippen molar-refractivity contribution in [2.45, 2.75) is 25.7 Å². The van der Waals surface area contributed by atoms with Crippen LogP contribution in [0.5, 0.6) is 0 Å². The molecule has 3 rings (SSSR count). The maximum absolute atomic E-state index is 2.56. The zero-order valence-electron chi connectivity index (χ0n) is 12.5. The summed E-state index contributed by atoms with van der Waals surface area (Å²) in [4.78, 5) is 2.56.